The Morgan fingerprint density at radius 2 is 1.87 bits per heavy atom. The first-order valence-electron chi connectivity index (χ1n) is 6.61. The van der Waals surface area contributed by atoms with Crippen LogP contribution in [0.3, 0.4) is 0 Å². The molecule has 0 aliphatic carbocycles. The summed E-state index contributed by atoms with van der Waals surface area (Å²) in [5.74, 6) is -0.778. The molecule has 0 unspecified atom stereocenters. The van der Waals surface area contributed by atoms with E-state index in [0.717, 1.165) is 3.97 Å². The van der Waals surface area contributed by atoms with E-state index in [1.54, 1.807) is 30.3 Å². The molecule has 1 aromatic heterocycles. The molecule has 0 fully saturated rings. The fourth-order valence-electron chi connectivity index (χ4n) is 2.44. The van der Waals surface area contributed by atoms with Crippen LogP contribution < -0.4 is 0 Å². The molecule has 0 bridgehead atoms. The topological polar surface area (TPSA) is 62.9 Å². The minimum absolute atomic E-state index is 0.0906. The lowest BCUT2D eigenvalue weighted by Gasteiger charge is -2.10. The predicted octanol–water partition coefficient (Wildman–Crippen LogP) is 3.63. The second kappa shape index (κ2) is 5.94. The van der Waals surface area contributed by atoms with Gasteiger partial charge in [-0.15, -0.1) is 0 Å². The number of benzene rings is 2. The number of hydrogen-bond donors (Lipinski definition) is 0. The van der Waals surface area contributed by atoms with Crippen molar-refractivity contribution in [3.63, 3.8) is 0 Å². The highest BCUT2D eigenvalue weighted by molar-refractivity contribution is 14.1. The van der Waals surface area contributed by atoms with Crippen molar-refractivity contribution in [1.82, 2.24) is 3.97 Å². The summed E-state index contributed by atoms with van der Waals surface area (Å²) >= 11 is 1.84. The van der Waals surface area contributed by atoms with E-state index in [0.29, 0.717) is 9.26 Å². The maximum Gasteiger partial charge on any atom is 0.244 e. The normalized spacial score (nSPS) is 11.5. The SMILES string of the molecule is N#Cc1ccc(F)c2cc(I)n(S(=O)(=O)Cc3ccccc3)c12. The highest BCUT2D eigenvalue weighted by Gasteiger charge is 2.23. The van der Waals surface area contributed by atoms with Gasteiger partial charge in [-0.2, -0.15) is 5.26 Å². The predicted molar refractivity (Wildman–Crippen MR) is 93.8 cm³/mol. The largest absolute Gasteiger partial charge is 0.244 e. The Bertz CT molecular complexity index is 1040. The number of halogens is 2. The molecule has 7 heteroatoms. The van der Waals surface area contributed by atoms with Gasteiger partial charge in [0.25, 0.3) is 0 Å². The van der Waals surface area contributed by atoms with E-state index in [4.69, 9.17) is 0 Å². The molecule has 116 valence electrons. The van der Waals surface area contributed by atoms with Gasteiger partial charge in [0.15, 0.2) is 0 Å². The third kappa shape index (κ3) is 2.84. The molecular formula is C16H10FIN2O2S. The summed E-state index contributed by atoms with van der Waals surface area (Å²) in [6.45, 7) is 0. The summed E-state index contributed by atoms with van der Waals surface area (Å²) in [5.41, 5.74) is 0.842. The average molecular weight is 440 g/mol. The van der Waals surface area contributed by atoms with Gasteiger partial charge in [-0.25, -0.2) is 16.8 Å². The molecule has 0 aliphatic heterocycles. The summed E-state index contributed by atoms with van der Waals surface area (Å²) in [5, 5.41) is 9.36. The van der Waals surface area contributed by atoms with Crippen molar-refractivity contribution in [3.8, 4) is 6.07 Å². The van der Waals surface area contributed by atoms with Crippen molar-refractivity contribution >= 4 is 43.5 Å². The molecule has 3 rings (SSSR count). The lowest BCUT2D eigenvalue weighted by Crippen LogP contribution is -2.17. The monoisotopic (exact) mass is 440 g/mol. The Morgan fingerprint density at radius 3 is 2.52 bits per heavy atom. The molecule has 0 radical (unpaired) electrons. The second-order valence-corrected chi connectivity index (χ2v) is 7.87. The van der Waals surface area contributed by atoms with Crippen molar-refractivity contribution in [1.29, 1.82) is 5.26 Å². The van der Waals surface area contributed by atoms with Gasteiger partial charge in [-0.1, -0.05) is 30.3 Å². The van der Waals surface area contributed by atoms with Gasteiger partial charge in [0, 0.05) is 5.39 Å². The van der Waals surface area contributed by atoms with Gasteiger partial charge >= 0.3 is 0 Å². The van der Waals surface area contributed by atoms with Gasteiger partial charge in [0.05, 0.1) is 20.5 Å². The number of nitriles is 1. The molecule has 0 saturated carbocycles. The van der Waals surface area contributed by atoms with Crippen LogP contribution in [-0.4, -0.2) is 12.4 Å². The number of hydrogen-bond acceptors (Lipinski definition) is 3. The summed E-state index contributed by atoms with van der Waals surface area (Å²) in [6, 6.07) is 14.6. The molecule has 0 spiro atoms. The summed E-state index contributed by atoms with van der Waals surface area (Å²) < 4.78 is 41.0. The van der Waals surface area contributed by atoms with Crippen LogP contribution in [0.2, 0.25) is 0 Å². The van der Waals surface area contributed by atoms with Crippen LogP contribution in [0.25, 0.3) is 10.9 Å². The molecular weight excluding hydrogens is 430 g/mol. The van der Waals surface area contributed by atoms with Crippen molar-refractivity contribution < 1.29 is 12.8 Å². The standard InChI is InChI=1S/C16H10FIN2O2S/c17-14-7-6-12(9-19)16-13(14)8-15(18)20(16)23(21,22)10-11-4-2-1-3-5-11/h1-8H,10H2. The maximum atomic E-state index is 14.0. The van der Waals surface area contributed by atoms with Gasteiger partial charge < -0.3 is 0 Å². The third-order valence-corrected chi connectivity index (χ3v) is 6.17. The Kier molecular flexibility index (Phi) is 4.12. The van der Waals surface area contributed by atoms with Crippen molar-refractivity contribution in [3.05, 3.63) is 69.2 Å². The Morgan fingerprint density at radius 1 is 1.17 bits per heavy atom. The molecule has 0 amide bonds. The van der Waals surface area contributed by atoms with Crippen LogP contribution in [0.5, 0.6) is 0 Å². The van der Waals surface area contributed by atoms with Gasteiger partial charge in [-0.05, 0) is 46.4 Å². The first-order chi connectivity index (χ1) is 10.9. The fraction of sp³-hybridized carbons (Fsp3) is 0.0625. The Balaban J connectivity index is 2.26. The molecule has 23 heavy (non-hydrogen) atoms. The lowest BCUT2D eigenvalue weighted by atomic mass is 10.1. The van der Waals surface area contributed by atoms with E-state index in [1.807, 2.05) is 28.7 Å². The van der Waals surface area contributed by atoms with Crippen LogP contribution in [-0.2, 0) is 15.8 Å². The third-order valence-electron chi connectivity index (χ3n) is 3.41. The van der Waals surface area contributed by atoms with E-state index in [9.17, 15) is 18.1 Å². The second-order valence-electron chi connectivity index (χ2n) is 4.94. The first kappa shape index (κ1) is 16.0. The van der Waals surface area contributed by atoms with Crippen LogP contribution in [0, 0.1) is 20.8 Å². The van der Waals surface area contributed by atoms with E-state index < -0.39 is 15.8 Å². The Hall–Kier alpha value is -1.92. The minimum Gasteiger partial charge on any atom is -0.230 e. The molecule has 3 aromatic rings. The zero-order valence-electron chi connectivity index (χ0n) is 11.7. The average Bonchev–Trinajstić information content (AvgIpc) is 2.87. The molecule has 1 heterocycles. The first-order valence-corrected chi connectivity index (χ1v) is 9.29. The molecule has 0 aliphatic rings. The number of aromatic nitrogens is 1. The summed E-state index contributed by atoms with van der Waals surface area (Å²) in [6.07, 6.45) is 0. The van der Waals surface area contributed by atoms with Gasteiger partial charge in [0.1, 0.15) is 11.9 Å². The maximum absolute atomic E-state index is 14.0. The van der Waals surface area contributed by atoms with Crippen LogP contribution in [0.1, 0.15) is 11.1 Å². The van der Waals surface area contributed by atoms with E-state index in [2.05, 4.69) is 0 Å². The zero-order valence-corrected chi connectivity index (χ0v) is 14.7. The van der Waals surface area contributed by atoms with Crippen molar-refractivity contribution in [2.75, 3.05) is 0 Å². The quantitative estimate of drug-likeness (QED) is 0.585. The Labute approximate surface area is 146 Å². The number of rotatable bonds is 3. The van der Waals surface area contributed by atoms with Gasteiger partial charge in [0.2, 0.25) is 10.0 Å². The smallest absolute Gasteiger partial charge is 0.230 e. The molecule has 0 atom stereocenters. The molecule has 0 N–H and O–H groups in total. The lowest BCUT2D eigenvalue weighted by molar-refractivity contribution is 0.587. The van der Waals surface area contributed by atoms with Crippen molar-refractivity contribution in [2.45, 2.75) is 5.75 Å². The molecule has 0 saturated heterocycles. The number of fused-ring (bicyclic) bond motifs is 1. The van der Waals surface area contributed by atoms with Gasteiger partial charge in [-0.3, -0.25) is 0 Å². The van der Waals surface area contributed by atoms with Crippen LogP contribution >= 0.6 is 22.6 Å². The van der Waals surface area contributed by atoms with Crippen LogP contribution in [0.15, 0.2) is 48.5 Å². The zero-order chi connectivity index (χ0) is 16.6. The summed E-state index contributed by atoms with van der Waals surface area (Å²) in [4.78, 5) is 0. The van der Waals surface area contributed by atoms with E-state index >= 15 is 0 Å². The molecule has 4 nitrogen and oxygen atoms in total. The van der Waals surface area contributed by atoms with E-state index in [1.165, 1.54) is 18.2 Å². The van der Waals surface area contributed by atoms with E-state index in [-0.39, 0.29) is 22.2 Å². The minimum atomic E-state index is -3.79. The summed E-state index contributed by atoms with van der Waals surface area (Å²) in [7, 11) is -3.79. The fourth-order valence-corrected chi connectivity index (χ4v) is 5.42. The highest BCUT2D eigenvalue weighted by Crippen LogP contribution is 2.29. The molecule has 2 aromatic carbocycles. The van der Waals surface area contributed by atoms with Crippen LogP contribution in [0.4, 0.5) is 4.39 Å². The highest BCUT2D eigenvalue weighted by atomic mass is 127. The number of nitrogens with zero attached hydrogens (tertiary/aromatic N) is 2. The van der Waals surface area contributed by atoms with Crippen molar-refractivity contribution in [2.24, 2.45) is 0 Å².